The Morgan fingerprint density at radius 3 is 2.80 bits per heavy atom. The summed E-state index contributed by atoms with van der Waals surface area (Å²) in [5.74, 6) is -0.551. The minimum atomic E-state index is -0.616. The molecule has 3 N–H and O–H groups in total. The third-order valence-electron chi connectivity index (χ3n) is 2.98. The molecule has 1 fully saturated rings. The minimum Gasteiger partial charge on any atom is -0.352 e. The van der Waals surface area contributed by atoms with E-state index < -0.39 is 12.1 Å². The van der Waals surface area contributed by atoms with Crippen LogP contribution in [-0.2, 0) is 16.1 Å². The average Bonchev–Trinajstić information content (AvgIpc) is 2.74. The highest BCUT2D eigenvalue weighted by Gasteiger charge is 2.29. The van der Waals surface area contributed by atoms with Crippen LogP contribution in [0.5, 0.6) is 0 Å². The lowest BCUT2D eigenvalue weighted by Crippen LogP contribution is -2.31. The summed E-state index contributed by atoms with van der Waals surface area (Å²) < 4.78 is 0. The normalized spacial score (nSPS) is 17.6. The SMILES string of the molecule is Cc1ccc(CNC(=O)CC[C@H]2NC(=O)NC2=O)cn1. The summed E-state index contributed by atoms with van der Waals surface area (Å²) in [6.07, 6.45) is 2.17. The van der Waals surface area contributed by atoms with Crippen molar-refractivity contribution in [2.24, 2.45) is 0 Å². The molecule has 0 radical (unpaired) electrons. The number of aryl methyl sites for hydroxylation is 1. The van der Waals surface area contributed by atoms with Crippen LogP contribution in [0.25, 0.3) is 0 Å². The lowest BCUT2D eigenvalue weighted by molar-refractivity contribution is -0.122. The molecule has 1 atom stereocenters. The first-order valence-corrected chi connectivity index (χ1v) is 6.34. The van der Waals surface area contributed by atoms with Crippen molar-refractivity contribution in [1.82, 2.24) is 20.9 Å². The van der Waals surface area contributed by atoms with Crippen molar-refractivity contribution in [3.8, 4) is 0 Å². The molecule has 2 rings (SSSR count). The van der Waals surface area contributed by atoms with Crippen LogP contribution in [0.3, 0.4) is 0 Å². The van der Waals surface area contributed by atoms with Crippen molar-refractivity contribution in [2.45, 2.75) is 32.4 Å². The summed E-state index contributed by atoms with van der Waals surface area (Å²) in [6, 6.07) is 2.65. The highest BCUT2D eigenvalue weighted by molar-refractivity contribution is 6.04. The quantitative estimate of drug-likeness (QED) is 0.659. The fourth-order valence-electron chi connectivity index (χ4n) is 1.83. The summed E-state index contributed by atoms with van der Waals surface area (Å²) in [4.78, 5) is 38.0. The van der Waals surface area contributed by atoms with E-state index in [2.05, 4.69) is 20.9 Å². The van der Waals surface area contributed by atoms with Gasteiger partial charge in [0.15, 0.2) is 0 Å². The molecular formula is C13H16N4O3. The van der Waals surface area contributed by atoms with Gasteiger partial charge in [-0.05, 0) is 25.0 Å². The molecule has 1 saturated heterocycles. The predicted octanol–water partition coefficient (Wildman–Crippen LogP) is -0.00558. The smallest absolute Gasteiger partial charge is 0.322 e. The zero-order valence-electron chi connectivity index (χ0n) is 11.1. The highest BCUT2D eigenvalue weighted by atomic mass is 16.2. The van der Waals surface area contributed by atoms with Crippen LogP contribution in [0.4, 0.5) is 4.79 Å². The molecular weight excluding hydrogens is 260 g/mol. The van der Waals surface area contributed by atoms with Gasteiger partial charge in [-0.2, -0.15) is 0 Å². The Bertz CT molecular complexity index is 527. The van der Waals surface area contributed by atoms with Gasteiger partial charge in [0.25, 0.3) is 5.91 Å². The lowest BCUT2D eigenvalue weighted by atomic mass is 10.1. The van der Waals surface area contributed by atoms with Gasteiger partial charge in [0, 0.05) is 24.9 Å². The third kappa shape index (κ3) is 3.78. The number of hydrogen-bond donors (Lipinski definition) is 3. The van der Waals surface area contributed by atoms with E-state index in [1.54, 1.807) is 6.20 Å². The van der Waals surface area contributed by atoms with E-state index in [4.69, 9.17) is 0 Å². The second kappa shape index (κ2) is 6.14. The number of amides is 4. The van der Waals surface area contributed by atoms with Crippen molar-refractivity contribution in [3.63, 3.8) is 0 Å². The van der Waals surface area contributed by atoms with E-state index in [0.717, 1.165) is 11.3 Å². The van der Waals surface area contributed by atoms with E-state index in [1.807, 2.05) is 19.1 Å². The van der Waals surface area contributed by atoms with Crippen molar-refractivity contribution < 1.29 is 14.4 Å². The van der Waals surface area contributed by atoms with Crippen LogP contribution < -0.4 is 16.0 Å². The monoisotopic (exact) mass is 276 g/mol. The first kappa shape index (κ1) is 14.0. The van der Waals surface area contributed by atoms with E-state index in [0.29, 0.717) is 6.54 Å². The molecule has 7 nitrogen and oxygen atoms in total. The molecule has 0 bridgehead atoms. The van der Waals surface area contributed by atoms with Crippen molar-refractivity contribution in [1.29, 1.82) is 0 Å². The Morgan fingerprint density at radius 1 is 1.40 bits per heavy atom. The van der Waals surface area contributed by atoms with E-state index in [1.165, 1.54) is 0 Å². The molecule has 4 amide bonds. The van der Waals surface area contributed by atoms with Crippen LogP contribution in [0.15, 0.2) is 18.3 Å². The Hall–Kier alpha value is -2.44. The van der Waals surface area contributed by atoms with Crippen LogP contribution in [0.1, 0.15) is 24.1 Å². The molecule has 1 aromatic heterocycles. The highest BCUT2D eigenvalue weighted by Crippen LogP contribution is 2.03. The minimum absolute atomic E-state index is 0.167. The summed E-state index contributed by atoms with van der Waals surface area (Å²) in [7, 11) is 0. The van der Waals surface area contributed by atoms with Crippen LogP contribution >= 0.6 is 0 Å². The van der Waals surface area contributed by atoms with Crippen molar-refractivity contribution in [2.75, 3.05) is 0 Å². The van der Waals surface area contributed by atoms with Gasteiger partial charge in [0.05, 0.1) is 0 Å². The average molecular weight is 276 g/mol. The Labute approximate surface area is 116 Å². The molecule has 1 aromatic rings. The fraction of sp³-hybridized carbons (Fsp3) is 0.385. The molecule has 1 aliphatic heterocycles. The predicted molar refractivity (Wildman–Crippen MR) is 70.5 cm³/mol. The van der Waals surface area contributed by atoms with Crippen LogP contribution in [-0.4, -0.2) is 28.9 Å². The van der Waals surface area contributed by atoms with Crippen molar-refractivity contribution in [3.05, 3.63) is 29.6 Å². The molecule has 0 aliphatic carbocycles. The number of nitrogens with zero attached hydrogens (tertiary/aromatic N) is 1. The number of aromatic nitrogens is 1. The van der Waals surface area contributed by atoms with Gasteiger partial charge in [-0.15, -0.1) is 0 Å². The van der Waals surface area contributed by atoms with Gasteiger partial charge in [-0.1, -0.05) is 6.07 Å². The number of hydrogen-bond acceptors (Lipinski definition) is 4. The van der Waals surface area contributed by atoms with Crippen LogP contribution in [0.2, 0.25) is 0 Å². The summed E-state index contributed by atoms with van der Waals surface area (Å²) in [5.41, 5.74) is 1.83. The molecule has 106 valence electrons. The van der Waals surface area contributed by atoms with Gasteiger partial charge < -0.3 is 10.6 Å². The molecule has 2 heterocycles. The Morgan fingerprint density at radius 2 is 2.20 bits per heavy atom. The van der Waals surface area contributed by atoms with Gasteiger partial charge in [-0.3, -0.25) is 19.9 Å². The number of imide groups is 1. The van der Waals surface area contributed by atoms with E-state index >= 15 is 0 Å². The topological polar surface area (TPSA) is 100 Å². The van der Waals surface area contributed by atoms with Crippen molar-refractivity contribution >= 4 is 17.8 Å². The van der Waals surface area contributed by atoms with Gasteiger partial charge >= 0.3 is 6.03 Å². The third-order valence-corrected chi connectivity index (χ3v) is 2.98. The molecule has 7 heteroatoms. The largest absolute Gasteiger partial charge is 0.352 e. The lowest BCUT2D eigenvalue weighted by Gasteiger charge is -2.08. The molecule has 20 heavy (non-hydrogen) atoms. The van der Waals surface area contributed by atoms with Gasteiger partial charge in [0.1, 0.15) is 6.04 Å². The zero-order valence-corrected chi connectivity index (χ0v) is 11.1. The first-order chi connectivity index (χ1) is 9.54. The fourth-order valence-corrected chi connectivity index (χ4v) is 1.83. The Kier molecular flexibility index (Phi) is 4.29. The molecule has 0 spiro atoms. The maximum absolute atomic E-state index is 11.7. The molecule has 1 aliphatic rings. The number of urea groups is 1. The Balaban J connectivity index is 1.72. The number of carbonyl (C=O) groups excluding carboxylic acids is 3. The zero-order chi connectivity index (χ0) is 14.5. The number of pyridine rings is 1. The number of rotatable bonds is 5. The number of nitrogens with one attached hydrogen (secondary N) is 3. The summed E-state index contributed by atoms with van der Waals surface area (Å²) in [6.45, 7) is 2.29. The molecule has 0 unspecified atom stereocenters. The van der Waals surface area contributed by atoms with Gasteiger partial charge in [0.2, 0.25) is 5.91 Å². The maximum Gasteiger partial charge on any atom is 0.322 e. The second-order valence-corrected chi connectivity index (χ2v) is 4.64. The molecule has 0 saturated carbocycles. The van der Waals surface area contributed by atoms with E-state index in [-0.39, 0.29) is 24.7 Å². The van der Waals surface area contributed by atoms with E-state index in [9.17, 15) is 14.4 Å². The van der Waals surface area contributed by atoms with Crippen LogP contribution in [0, 0.1) is 6.92 Å². The number of carbonyl (C=O) groups is 3. The first-order valence-electron chi connectivity index (χ1n) is 6.34. The standard InChI is InChI=1S/C13H16N4O3/c1-8-2-3-9(6-14-8)7-15-11(18)5-4-10-12(19)17-13(20)16-10/h2-3,6,10H,4-5,7H2,1H3,(H,15,18)(H2,16,17,19,20)/t10-/m1/s1. The summed E-state index contributed by atoms with van der Waals surface area (Å²) in [5, 5.41) is 7.32. The second-order valence-electron chi connectivity index (χ2n) is 4.64. The molecule has 0 aromatic carbocycles. The maximum atomic E-state index is 11.7. The van der Waals surface area contributed by atoms with Gasteiger partial charge in [-0.25, -0.2) is 4.79 Å². The summed E-state index contributed by atoms with van der Waals surface area (Å²) >= 11 is 0.